The highest BCUT2D eigenvalue weighted by molar-refractivity contribution is 5.97. The second kappa shape index (κ2) is 11.8. The van der Waals surface area contributed by atoms with Crippen LogP contribution in [0.4, 0.5) is 11.4 Å². The maximum atomic E-state index is 12.9. The Kier molecular flexibility index (Phi) is 8.49. The van der Waals surface area contributed by atoms with Crippen molar-refractivity contribution in [2.24, 2.45) is 23.7 Å². The van der Waals surface area contributed by atoms with E-state index in [4.69, 9.17) is 0 Å². The molecule has 2 amide bonds. The molecule has 4 atom stereocenters. The Bertz CT molecular complexity index is 1140. The fraction of sp³-hybridized carbons (Fsp3) is 0.467. The number of carboxylic acids is 2. The fourth-order valence-electron chi connectivity index (χ4n) is 5.90. The molecule has 0 heterocycles. The van der Waals surface area contributed by atoms with Crippen LogP contribution in [0, 0.1) is 37.5 Å². The molecule has 38 heavy (non-hydrogen) atoms. The van der Waals surface area contributed by atoms with E-state index in [0.29, 0.717) is 37.1 Å². The molecule has 0 spiro atoms. The van der Waals surface area contributed by atoms with Crippen molar-refractivity contribution in [1.82, 2.24) is 0 Å². The zero-order valence-corrected chi connectivity index (χ0v) is 22.0. The Morgan fingerprint density at radius 3 is 1.26 bits per heavy atom. The minimum Gasteiger partial charge on any atom is -0.481 e. The van der Waals surface area contributed by atoms with Crippen molar-refractivity contribution in [3.8, 4) is 11.1 Å². The molecule has 0 aliphatic heterocycles. The molecular weight excluding hydrogens is 484 g/mol. The first kappa shape index (κ1) is 27.4. The van der Waals surface area contributed by atoms with Crippen LogP contribution in [0.1, 0.15) is 62.5 Å². The highest BCUT2D eigenvalue weighted by Gasteiger charge is 2.37. The normalized spacial score (nSPS) is 23.3. The molecule has 2 saturated carbocycles. The molecule has 0 radical (unpaired) electrons. The van der Waals surface area contributed by atoms with Crippen LogP contribution in [-0.2, 0) is 19.2 Å². The minimum absolute atomic E-state index is 0.244. The summed E-state index contributed by atoms with van der Waals surface area (Å²) in [6.07, 6.45) is 5.61. The molecule has 0 aromatic heterocycles. The van der Waals surface area contributed by atoms with Gasteiger partial charge in [0.05, 0.1) is 23.7 Å². The zero-order valence-electron chi connectivity index (χ0n) is 22.0. The van der Waals surface area contributed by atoms with E-state index < -0.39 is 35.6 Å². The van der Waals surface area contributed by atoms with Crippen LogP contribution in [0.5, 0.6) is 0 Å². The van der Waals surface area contributed by atoms with Crippen molar-refractivity contribution in [3.63, 3.8) is 0 Å². The first-order valence-corrected chi connectivity index (χ1v) is 13.4. The number of rotatable bonds is 7. The summed E-state index contributed by atoms with van der Waals surface area (Å²) >= 11 is 0. The van der Waals surface area contributed by atoms with E-state index in [0.717, 1.165) is 47.9 Å². The van der Waals surface area contributed by atoms with E-state index in [9.17, 15) is 29.4 Å². The van der Waals surface area contributed by atoms with Crippen LogP contribution in [-0.4, -0.2) is 34.0 Å². The summed E-state index contributed by atoms with van der Waals surface area (Å²) < 4.78 is 0. The summed E-state index contributed by atoms with van der Waals surface area (Å²) in [5.74, 6) is -4.63. The maximum Gasteiger partial charge on any atom is 0.307 e. The maximum absolute atomic E-state index is 12.9. The Balaban J connectivity index is 1.45. The number of anilines is 2. The quantitative estimate of drug-likeness (QED) is 0.374. The standard InChI is InChI=1S/C30H36N2O6/c1-17-15-19(11-13-25(17)31-27(33)21-7-3-5-9-23(21)29(35)36)20-12-14-26(18(2)16-20)32-28(34)22-8-4-6-10-24(22)30(37)38/h11-16,21-24H,3-10H2,1-2H3,(H,31,33)(H,32,34)(H,35,36)(H,37,38)/t21-,22-,23+,24+/m0/s1. The van der Waals surface area contributed by atoms with Crippen LogP contribution < -0.4 is 10.6 Å². The lowest BCUT2D eigenvalue weighted by atomic mass is 9.78. The van der Waals surface area contributed by atoms with Crippen LogP contribution >= 0.6 is 0 Å². The van der Waals surface area contributed by atoms with Crippen LogP contribution in [0.15, 0.2) is 36.4 Å². The molecular formula is C30H36N2O6. The van der Waals surface area contributed by atoms with Crippen molar-refractivity contribution >= 4 is 35.1 Å². The lowest BCUT2D eigenvalue weighted by Crippen LogP contribution is -2.36. The average Bonchev–Trinajstić information content (AvgIpc) is 2.90. The lowest BCUT2D eigenvalue weighted by Gasteiger charge is -2.27. The number of nitrogens with one attached hydrogen (secondary N) is 2. The summed E-state index contributed by atoms with van der Waals surface area (Å²) in [5, 5.41) is 24.9. The van der Waals surface area contributed by atoms with Gasteiger partial charge in [-0.25, -0.2) is 0 Å². The number of carbonyl (C=O) groups is 4. The van der Waals surface area contributed by atoms with Gasteiger partial charge in [0.15, 0.2) is 0 Å². The number of benzene rings is 2. The predicted molar refractivity (Wildman–Crippen MR) is 145 cm³/mol. The molecule has 0 bridgehead atoms. The molecule has 2 aromatic carbocycles. The van der Waals surface area contributed by atoms with Crippen molar-refractivity contribution in [3.05, 3.63) is 47.5 Å². The van der Waals surface area contributed by atoms with Gasteiger partial charge in [-0.2, -0.15) is 0 Å². The third-order valence-electron chi connectivity index (χ3n) is 8.14. The monoisotopic (exact) mass is 520 g/mol. The van der Waals surface area contributed by atoms with Crippen molar-refractivity contribution < 1.29 is 29.4 Å². The number of aryl methyl sites for hydroxylation is 2. The Hall–Kier alpha value is -3.68. The van der Waals surface area contributed by atoms with Gasteiger partial charge >= 0.3 is 11.9 Å². The van der Waals surface area contributed by atoms with Gasteiger partial charge in [0, 0.05) is 11.4 Å². The van der Waals surface area contributed by atoms with Gasteiger partial charge in [-0.1, -0.05) is 37.8 Å². The summed E-state index contributed by atoms with van der Waals surface area (Å²) in [7, 11) is 0. The van der Waals surface area contributed by atoms with Gasteiger partial charge < -0.3 is 20.8 Å². The first-order chi connectivity index (χ1) is 18.2. The summed E-state index contributed by atoms with van der Waals surface area (Å²) in [6, 6.07) is 11.4. The van der Waals surface area contributed by atoms with Crippen molar-refractivity contribution in [1.29, 1.82) is 0 Å². The number of aliphatic carboxylic acids is 2. The third-order valence-corrected chi connectivity index (χ3v) is 8.14. The SMILES string of the molecule is Cc1cc(-c2ccc(NC(=O)[C@H]3CCCC[C@H]3C(=O)O)c(C)c2)ccc1NC(=O)[C@H]1CCCC[C@H]1C(=O)O. The molecule has 2 aliphatic carbocycles. The van der Waals surface area contributed by atoms with Crippen LogP contribution in [0.3, 0.4) is 0 Å². The minimum atomic E-state index is -0.910. The highest BCUT2D eigenvalue weighted by atomic mass is 16.4. The number of hydrogen-bond donors (Lipinski definition) is 4. The summed E-state index contributed by atoms with van der Waals surface area (Å²) in [4.78, 5) is 49.0. The van der Waals surface area contributed by atoms with E-state index in [1.54, 1.807) is 0 Å². The largest absolute Gasteiger partial charge is 0.481 e. The number of carbonyl (C=O) groups excluding carboxylic acids is 2. The molecule has 0 saturated heterocycles. The number of hydrogen-bond acceptors (Lipinski definition) is 4. The zero-order chi connectivity index (χ0) is 27.4. The molecule has 202 valence electrons. The van der Waals surface area contributed by atoms with Gasteiger partial charge in [-0.05, 0) is 86.1 Å². The van der Waals surface area contributed by atoms with Crippen molar-refractivity contribution in [2.75, 3.05) is 10.6 Å². The molecule has 8 heteroatoms. The Morgan fingerprint density at radius 1 is 0.605 bits per heavy atom. The van der Waals surface area contributed by atoms with E-state index in [2.05, 4.69) is 10.6 Å². The number of amides is 2. The molecule has 4 rings (SSSR count). The van der Waals surface area contributed by atoms with Crippen LogP contribution in [0.2, 0.25) is 0 Å². The number of carboxylic acid groups (broad SMARTS) is 2. The van der Waals surface area contributed by atoms with Gasteiger partial charge in [0.2, 0.25) is 11.8 Å². The molecule has 4 N–H and O–H groups in total. The third kappa shape index (κ3) is 6.06. The second-order valence-electron chi connectivity index (χ2n) is 10.7. The Labute approximate surface area is 222 Å². The van der Waals surface area contributed by atoms with Gasteiger partial charge in [0.25, 0.3) is 0 Å². The average molecular weight is 521 g/mol. The molecule has 2 aromatic rings. The van der Waals surface area contributed by atoms with Crippen LogP contribution in [0.25, 0.3) is 11.1 Å². The summed E-state index contributed by atoms with van der Waals surface area (Å²) in [6.45, 7) is 3.80. The fourth-order valence-corrected chi connectivity index (χ4v) is 5.90. The van der Waals surface area contributed by atoms with E-state index in [1.165, 1.54) is 0 Å². The Morgan fingerprint density at radius 2 is 0.947 bits per heavy atom. The smallest absolute Gasteiger partial charge is 0.307 e. The highest BCUT2D eigenvalue weighted by Crippen LogP contribution is 2.34. The van der Waals surface area contributed by atoms with E-state index >= 15 is 0 Å². The molecule has 2 aliphatic rings. The molecule has 0 unspecified atom stereocenters. The van der Waals surface area contributed by atoms with Crippen molar-refractivity contribution in [2.45, 2.75) is 65.2 Å². The van der Waals surface area contributed by atoms with Gasteiger partial charge in [-0.3, -0.25) is 19.2 Å². The molecule has 8 nitrogen and oxygen atoms in total. The topological polar surface area (TPSA) is 133 Å². The molecule has 2 fully saturated rings. The van der Waals surface area contributed by atoms with E-state index in [-0.39, 0.29) is 11.8 Å². The predicted octanol–water partition coefficient (Wildman–Crippen LogP) is 5.63. The van der Waals surface area contributed by atoms with E-state index in [1.807, 2.05) is 50.2 Å². The van der Waals surface area contributed by atoms with Gasteiger partial charge in [-0.15, -0.1) is 0 Å². The first-order valence-electron chi connectivity index (χ1n) is 13.4. The van der Waals surface area contributed by atoms with Gasteiger partial charge in [0.1, 0.15) is 0 Å². The summed E-state index contributed by atoms with van der Waals surface area (Å²) in [5.41, 5.74) is 4.95. The lowest BCUT2D eigenvalue weighted by molar-refractivity contribution is -0.148. The second-order valence-corrected chi connectivity index (χ2v) is 10.7.